The maximum Gasteiger partial charge on any atom is 0.220 e. The summed E-state index contributed by atoms with van der Waals surface area (Å²) >= 11 is 0. The summed E-state index contributed by atoms with van der Waals surface area (Å²) in [4.78, 5) is 17.4. The summed E-state index contributed by atoms with van der Waals surface area (Å²) in [5.74, 6) is 0.611. The van der Waals surface area contributed by atoms with E-state index in [1.165, 1.54) is 0 Å². The predicted octanol–water partition coefficient (Wildman–Crippen LogP) is 0.365. The first-order valence-corrected chi connectivity index (χ1v) is 5.43. The molecule has 1 amide bonds. The molecule has 0 spiro atoms. The van der Waals surface area contributed by atoms with Gasteiger partial charge in [-0.25, -0.2) is 4.98 Å². The van der Waals surface area contributed by atoms with E-state index in [4.69, 9.17) is 11.5 Å². The van der Waals surface area contributed by atoms with Gasteiger partial charge in [-0.1, -0.05) is 0 Å². The van der Waals surface area contributed by atoms with Crippen molar-refractivity contribution in [2.45, 2.75) is 12.8 Å². The second-order valence-corrected chi connectivity index (χ2v) is 4.08. The smallest absolute Gasteiger partial charge is 0.220 e. The van der Waals surface area contributed by atoms with Gasteiger partial charge in [0.25, 0.3) is 0 Å². The van der Waals surface area contributed by atoms with Crippen molar-refractivity contribution in [3.63, 3.8) is 0 Å². The Labute approximate surface area is 94.4 Å². The molecule has 1 fully saturated rings. The van der Waals surface area contributed by atoms with Gasteiger partial charge in [0.05, 0.1) is 5.69 Å². The van der Waals surface area contributed by atoms with Crippen molar-refractivity contribution in [1.82, 2.24) is 4.98 Å². The van der Waals surface area contributed by atoms with Crippen molar-refractivity contribution < 1.29 is 4.79 Å². The molecule has 2 heterocycles. The molecule has 0 aromatic carbocycles. The van der Waals surface area contributed by atoms with Crippen LogP contribution >= 0.6 is 0 Å². The molecule has 0 radical (unpaired) electrons. The summed E-state index contributed by atoms with van der Waals surface area (Å²) < 4.78 is 0. The highest BCUT2D eigenvalue weighted by Crippen LogP contribution is 2.25. The quantitative estimate of drug-likeness (QED) is 0.753. The molecule has 0 bridgehead atoms. The molecule has 86 valence electrons. The molecular weight excluding hydrogens is 204 g/mol. The number of hydrogen-bond donors (Lipinski definition) is 2. The van der Waals surface area contributed by atoms with Crippen LogP contribution < -0.4 is 16.4 Å². The van der Waals surface area contributed by atoms with Gasteiger partial charge in [0, 0.05) is 25.2 Å². The first-order valence-electron chi connectivity index (χ1n) is 5.43. The minimum atomic E-state index is -0.200. The number of hydrogen-bond acceptors (Lipinski definition) is 4. The van der Waals surface area contributed by atoms with Crippen molar-refractivity contribution in [3.8, 4) is 0 Å². The second kappa shape index (κ2) is 4.38. The number of piperidine rings is 1. The fourth-order valence-electron chi connectivity index (χ4n) is 2.05. The number of anilines is 2. The van der Waals surface area contributed by atoms with Crippen molar-refractivity contribution in [2.75, 3.05) is 23.7 Å². The van der Waals surface area contributed by atoms with Gasteiger partial charge in [0.15, 0.2) is 5.82 Å². The van der Waals surface area contributed by atoms with Crippen LogP contribution in [0.2, 0.25) is 0 Å². The van der Waals surface area contributed by atoms with E-state index >= 15 is 0 Å². The van der Waals surface area contributed by atoms with E-state index in [0.717, 1.165) is 31.7 Å². The molecule has 4 N–H and O–H groups in total. The van der Waals surface area contributed by atoms with Gasteiger partial charge in [0.2, 0.25) is 5.91 Å². The van der Waals surface area contributed by atoms with Crippen molar-refractivity contribution in [2.24, 2.45) is 11.7 Å². The third-order valence-electron chi connectivity index (χ3n) is 3.01. The number of primary amides is 1. The number of carbonyl (C=O) groups is 1. The lowest BCUT2D eigenvalue weighted by atomic mass is 9.96. The zero-order valence-electron chi connectivity index (χ0n) is 9.10. The van der Waals surface area contributed by atoms with Gasteiger partial charge in [-0.3, -0.25) is 4.79 Å². The van der Waals surface area contributed by atoms with E-state index in [9.17, 15) is 4.79 Å². The number of amides is 1. The maximum atomic E-state index is 11.0. The lowest BCUT2D eigenvalue weighted by Gasteiger charge is -2.31. The molecule has 1 aliphatic rings. The standard InChI is InChI=1S/C11H16N4O/c12-9-2-1-5-14-11(9)15-6-3-8(4-7-15)10(13)16/h1-2,5,8H,3-4,6-7,12H2,(H2,13,16). The van der Waals surface area contributed by atoms with Crippen molar-refractivity contribution in [1.29, 1.82) is 0 Å². The first-order chi connectivity index (χ1) is 7.68. The molecule has 0 aliphatic carbocycles. The summed E-state index contributed by atoms with van der Waals surface area (Å²) in [5.41, 5.74) is 11.8. The summed E-state index contributed by atoms with van der Waals surface area (Å²) in [6.07, 6.45) is 3.29. The van der Waals surface area contributed by atoms with Crippen LogP contribution in [0.15, 0.2) is 18.3 Å². The second-order valence-electron chi connectivity index (χ2n) is 4.08. The molecule has 2 rings (SSSR count). The molecule has 0 atom stereocenters. The van der Waals surface area contributed by atoms with E-state index < -0.39 is 0 Å². The zero-order chi connectivity index (χ0) is 11.5. The molecule has 1 saturated heterocycles. The van der Waals surface area contributed by atoms with Crippen LogP contribution in [0.5, 0.6) is 0 Å². The predicted molar refractivity (Wildman–Crippen MR) is 62.8 cm³/mol. The highest BCUT2D eigenvalue weighted by Gasteiger charge is 2.24. The highest BCUT2D eigenvalue weighted by molar-refractivity contribution is 5.77. The third kappa shape index (κ3) is 2.08. The average molecular weight is 220 g/mol. The fraction of sp³-hybridized carbons (Fsp3) is 0.455. The first kappa shape index (κ1) is 10.7. The van der Waals surface area contributed by atoms with E-state index in [2.05, 4.69) is 9.88 Å². The van der Waals surface area contributed by atoms with Gasteiger partial charge >= 0.3 is 0 Å². The Bertz CT molecular complexity index is 385. The van der Waals surface area contributed by atoms with Crippen LogP contribution in [-0.4, -0.2) is 24.0 Å². The van der Waals surface area contributed by atoms with Gasteiger partial charge in [-0.2, -0.15) is 0 Å². The van der Waals surface area contributed by atoms with E-state index in [0.29, 0.717) is 5.69 Å². The molecule has 5 nitrogen and oxygen atoms in total. The summed E-state index contributed by atoms with van der Waals surface area (Å²) in [6.45, 7) is 1.57. The number of rotatable bonds is 2. The Balaban J connectivity index is 2.05. The topological polar surface area (TPSA) is 85.2 Å². The Hall–Kier alpha value is -1.78. The molecule has 1 aliphatic heterocycles. The number of carbonyl (C=O) groups excluding carboxylic acids is 1. The Morgan fingerprint density at radius 1 is 1.44 bits per heavy atom. The Morgan fingerprint density at radius 3 is 2.69 bits per heavy atom. The molecule has 0 unspecified atom stereocenters. The lowest BCUT2D eigenvalue weighted by molar-refractivity contribution is -0.122. The molecule has 1 aromatic heterocycles. The number of nitrogen functional groups attached to an aromatic ring is 1. The minimum Gasteiger partial charge on any atom is -0.396 e. The number of pyridine rings is 1. The van der Waals surface area contributed by atoms with Gasteiger partial charge in [-0.05, 0) is 25.0 Å². The summed E-state index contributed by atoms with van der Waals surface area (Å²) in [6, 6.07) is 3.65. The largest absolute Gasteiger partial charge is 0.396 e. The van der Waals surface area contributed by atoms with Gasteiger partial charge < -0.3 is 16.4 Å². The van der Waals surface area contributed by atoms with Crippen LogP contribution in [-0.2, 0) is 4.79 Å². The molecule has 5 heteroatoms. The van der Waals surface area contributed by atoms with Crippen LogP contribution in [0.25, 0.3) is 0 Å². The molecule has 1 aromatic rings. The van der Waals surface area contributed by atoms with E-state index in [1.54, 1.807) is 6.20 Å². The monoisotopic (exact) mass is 220 g/mol. The zero-order valence-corrected chi connectivity index (χ0v) is 9.10. The van der Waals surface area contributed by atoms with Crippen LogP contribution in [0.4, 0.5) is 11.5 Å². The van der Waals surface area contributed by atoms with Crippen LogP contribution in [0, 0.1) is 5.92 Å². The van der Waals surface area contributed by atoms with Crippen LogP contribution in [0.3, 0.4) is 0 Å². The van der Waals surface area contributed by atoms with E-state index in [-0.39, 0.29) is 11.8 Å². The van der Waals surface area contributed by atoms with Crippen LogP contribution in [0.1, 0.15) is 12.8 Å². The summed E-state index contributed by atoms with van der Waals surface area (Å²) in [5, 5.41) is 0. The van der Waals surface area contributed by atoms with Gasteiger partial charge in [0.1, 0.15) is 0 Å². The fourth-order valence-corrected chi connectivity index (χ4v) is 2.05. The molecule has 0 saturated carbocycles. The highest BCUT2D eigenvalue weighted by atomic mass is 16.1. The Morgan fingerprint density at radius 2 is 2.12 bits per heavy atom. The number of nitrogens with zero attached hydrogens (tertiary/aromatic N) is 2. The van der Waals surface area contributed by atoms with Crippen molar-refractivity contribution in [3.05, 3.63) is 18.3 Å². The third-order valence-corrected chi connectivity index (χ3v) is 3.01. The number of aromatic nitrogens is 1. The number of nitrogens with two attached hydrogens (primary N) is 2. The molecule has 16 heavy (non-hydrogen) atoms. The average Bonchev–Trinajstić information content (AvgIpc) is 2.30. The van der Waals surface area contributed by atoms with Crippen molar-refractivity contribution >= 4 is 17.4 Å². The Kier molecular flexibility index (Phi) is 2.94. The SMILES string of the molecule is NC(=O)C1CCN(c2ncccc2N)CC1. The lowest BCUT2D eigenvalue weighted by Crippen LogP contribution is -2.39. The minimum absolute atomic E-state index is 0.00110. The maximum absolute atomic E-state index is 11.0. The van der Waals surface area contributed by atoms with E-state index in [1.807, 2.05) is 12.1 Å². The van der Waals surface area contributed by atoms with Gasteiger partial charge in [-0.15, -0.1) is 0 Å². The summed E-state index contributed by atoms with van der Waals surface area (Å²) in [7, 11) is 0. The molecular formula is C11H16N4O. The normalized spacial score (nSPS) is 17.4.